The van der Waals surface area contributed by atoms with Crippen molar-refractivity contribution >= 4 is 17.5 Å². The smallest absolute Gasteiger partial charge is 0.241 e. The Morgan fingerprint density at radius 1 is 1.23 bits per heavy atom. The number of amides is 2. The Hall–Kier alpha value is -1.88. The average molecular weight is 357 g/mol. The Kier molecular flexibility index (Phi) is 6.30. The summed E-state index contributed by atoms with van der Waals surface area (Å²) in [6.45, 7) is 6.88. The molecule has 2 aliphatic rings. The van der Waals surface area contributed by atoms with E-state index in [1.165, 1.54) is 5.56 Å². The molecule has 0 radical (unpaired) electrons. The molecule has 2 unspecified atom stereocenters. The predicted molar refractivity (Wildman–Crippen MR) is 104 cm³/mol. The molecule has 2 aliphatic heterocycles. The normalized spacial score (nSPS) is 22.9. The number of carbonyl (C=O) groups is 2. The van der Waals surface area contributed by atoms with E-state index in [0.29, 0.717) is 19.1 Å². The van der Waals surface area contributed by atoms with E-state index in [1.54, 1.807) is 0 Å². The first-order valence-corrected chi connectivity index (χ1v) is 10.00. The highest BCUT2D eigenvalue weighted by Crippen LogP contribution is 2.28. The van der Waals surface area contributed by atoms with E-state index in [1.807, 2.05) is 23.1 Å². The van der Waals surface area contributed by atoms with Gasteiger partial charge in [-0.1, -0.05) is 31.5 Å². The number of benzene rings is 1. The summed E-state index contributed by atoms with van der Waals surface area (Å²) in [7, 11) is 0. The summed E-state index contributed by atoms with van der Waals surface area (Å²) in [5.41, 5.74) is 2.30. The Balaban J connectivity index is 1.58. The molecule has 2 heterocycles. The van der Waals surface area contributed by atoms with Gasteiger partial charge in [0.25, 0.3) is 0 Å². The molecule has 142 valence electrons. The molecule has 2 atom stereocenters. The summed E-state index contributed by atoms with van der Waals surface area (Å²) in [6, 6.07) is 8.50. The minimum atomic E-state index is 0.00159. The van der Waals surface area contributed by atoms with Gasteiger partial charge in [-0.15, -0.1) is 0 Å². The number of anilines is 1. The van der Waals surface area contributed by atoms with Crippen LogP contribution in [0.1, 0.15) is 45.1 Å². The van der Waals surface area contributed by atoms with Gasteiger partial charge in [0.15, 0.2) is 0 Å². The van der Waals surface area contributed by atoms with Gasteiger partial charge in [-0.2, -0.15) is 0 Å². The highest BCUT2D eigenvalue weighted by molar-refractivity contribution is 5.96. The van der Waals surface area contributed by atoms with E-state index < -0.39 is 0 Å². The van der Waals surface area contributed by atoms with Gasteiger partial charge < -0.3 is 10.2 Å². The fourth-order valence-electron chi connectivity index (χ4n) is 4.00. The number of para-hydroxylation sites is 1. The Bertz CT molecular complexity index is 646. The number of carbonyl (C=O) groups excluding carboxylic acids is 2. The van der Waals surface area contributed by atoms with Gasteiger partial charge in [0, 0.05) is 31.4 Å². The highest BCUT2D eigenvalue weighted by Gasteiger charge is 2.33. The number of rotatable bonds is 6. The van der Waals surface area contributed by atoms with Crippen LogP contribution in [0, 0.1) is 5.92 Å². The van der Waals surface area contributed by atoms with Crippen LogP contribution in [0.3, 0.4) is 0 Å². The van der Waals surface area contributed by atoms with Crippen molar-refractivity contribution < 1.29 is 9.59 Å². The van der Waals surface area contributed by atoms with E-state index in [2.05, 4.69) is 30.1 Å². The lowest BCUT2D eigenvalue weighted by Gasteiger charge is -2.37. The molecule has 0 saturated carbocycles. The van der Waals surface area contributed by atoms with E-state index in [0.717, 1.165) is 50.9 Å². The van der Waals surface area contributed by atoms with Crippen molar-refractivity contribution in [3.8, 4) is 0 Å². The SMILES string of the molecule is CCCCNC(=O)C1CCC(C)N(CC(=O)N2CCc3ccccc32)C1. The van der Waals surface area contributed by atoms with Crippen molar-refractivity contribution in [3.63, 3.8) is 0 Å². The third-order valence-corrected chi connectivity index (χ3v) is 5.74. The Morgan fingerprint density at radius 2 is 2.04 bits per heavy atom. The van der Waals surface area contributed by atoms with Gasteiger partial charge in [-0.25, -0.2) is 0 Å². The number of fused-ring (bicyclic) bond motifs is 1. The van der Waals surface area contributed by atoms with Gasteiger partial charge in [-0.3, -0.25) is 14.5 Å². The zero-order valence-electron chi connectivity index (χ0n) is 16.0. The first-order chi connectivity index (χ1) is 12.6. The molecule has 1 saturated heterocycles. The van der Waals surface area contributed by atoms with Gasteiger partial charge in [0.1, 0.15) is 0 Å². The van der Waals surface area contributed by atoms with Crippen molar-refractivity contribution in [3.05, 3.63) is 29.8 Å². The minimum Gasteiger partial charge on any atom is -0.356 e. The molecule has 1 aromatic rings. The fourth-order valence-corrected chi connectivity index (χ4v) is 4.00. The lowest BCUT2D eigenvalue weighted by molar-refractivity contribution is -0.129. The second-order valence-corrected chi connectivity index (χ2v) is 7.62. The monoisotopic (exact) mass is 357 g/mol. The molecule has 1 N–H and O–H groups in total. The third-order valence-electron chi connectivity index (χ3n) is 5.74. The molecular formula is C21H31N3O2. The molecule has 2 amide bonds. The quantitative estimate of drug-likeness (QED) is 0.796. The van der Waals surface area contributed by atoms with Crippen LogP contribution >= 0.6 is 0 Å². The maximum absolute atomic E-state index is 12.9. The van der Waals surface area contributed by atoms with Crippen LogP contribution < -0.4 is 10.2 Å². The van der Waals surface area contributed by atoms with Crippen LogP contribution in [-0.4, -0.2) is 48.9 Å². The Labute approximate surface area is 156 Å². The number of nitrogens with zero attached hydrogens (tertiary/aromatic N) is 2. The number of likely N-dealkylation sites (tertiary alicyclic amines) is 1. The van der Waals surface area contributed by atoms with E-state index in [9.17, 15) is 9.59 Å². The third kappa shape index (κ3) is 4.26. The van der Waals surface area contributed by atoms with Crippen LogP contribution in [0.25, 0.3) is 0 Å². The summed E-state index contributed by atoms with van der Waals surface area (Å²) < 4.78 is 0. The average Bonchev–Trinajstić information content (AvgIpc) is 3.08. The van der Waals surface area contributed by atoms with E-state index in [4.69, 9.17) is 0 Å². The van der Waals surface area contributed by atoms with Gasteiger partial charge in [0.05, 0.1) is 12.5 Å². The fraction of sp³-hybridized carbons (Fsp3) is 0.619. The topological polar surface area (TPSA) is 52.7 Å². The number of piperidine rings is 1. The molecule has 26 heavy (non-hydrogen) atoms. The molecule has 0 aromatic heterocycles. The van der Waals surface area contributed by atoms with Crippen LogP contribution in [-0.2, 0) is 16.0 Å². The number of hydrogen-bond acceptors (Lipinski definition) is 3. The number of nitrogens with one attached hydrogen (secondary N) is 1. The van der Waals surface area contributed by atoms with Gasteiger partial charge in [-0.05, 0) is 44.2 Å². The summed E-state index contributed by atoms with van der Waals surface area (Å²) in [5, 5.41) is 3.05. The van der Waals surface area contributed by atoms with Crippen LogP contribution in [0.2, 0.25) is 0 Å². The van der Waals surface area contributed by atoms with Crippen molar-refractivity contribution in [2.45, 2.75) is 52.0 Å². The first kappa shape index (κ1) is 18.9. The molecule has 0 spiro atoms. The summed E-state index contributed by atoms with van der Waals surface area (Å²) in [6.07, 6.45) is 4.91. The molecule has 0 aliphatic carbocycles. The zero-order valence-corrected chi connectivity index (χ0v) is 16.0. The lowest BCUT2D eigenvalue weighted by atomic mass is 9.92. The predicted octanol–water partition coefficient (Wildman–Crippen LogP) is 2.59. The number of unbranched alkanes of at least 4 members (excludes halogenated alkanes) is 1. The summed E-state index contributed by atoms with van der Waals surface area (Å²) in [4.78, 5) is 29.4. The first-order valence-electron chi connectivity index (χ1n) is 10.00. The van der Waals surface area contributed by atoms with Gasteiger partial charge in [0.2, 0.25) is 11.8 Å². The maximum atomic E-state index is 12.9. The summed E-state index contributed by atoms with van der Waals surface area (Å²) >= 11 is 0. The molecular weight excluding hydrogens is 326 g/mol. The number of hydrogen-bond donors (Lipinski definition) is 1. The zero-order chi connectivity index (χ0) is 18.5. The molecule has 5 nitrogen and oxygen atoms in total. The second-order valence-electron chi connectivity index (χ2n) is 7.62. The van der Waals surface area contributed by atoms with Crippen molar-refractivity contribution in [2.24, 2.45) is 5.92 Å². The molecule has 1 fully saturated rings. The minimum absolute atomic E-state index is 0.00159. The second kappa shape index (κ2) is 8.67. The van der Waals surface area contributed by atoms with Crippen LogP contribution in [0.4, 0.5) is 5.69 Å². The van der Waals surface area contributed by atoms with Crippen LogP contribution in [0.15, 0.2) is 24.3 Å². The van der Waals surface area contributed by atoms with Crippen LogP contribution in [0.5, 0.6) is 0 Å². The van der Waals surface area contributed by atoms with Gasteiger partial charge >= 0.3 is 0 Å². The van der Waals surface area contributed by atoms with E-state index in [-0.39, 0.29) is 17.7 Å². The van der Waals surface area contributed by atoms with Crippen molar-refractivity contribution in [2.75, 3.05) is 31.1 Å². The molecule has 1 aromatic carbocycles. The Morgan fingerprint density at radius 3 is 2.85 bits per heavy atom. The molecule has 3 rings (SSSR count). The summed E-state index contributed by atoms with van der Waals surface area (Å²) in [5.74, 6) is 0.296. The molecule has 5 heteroatoms. The largest absolute Gasteiger partial charge is 0.356 e. The lowest BCUT2D eigenvalue weighted by Crippen LogP contribution is -2.50. The molecule has 0 bridgehead atoms. The van der Waals surface area contributed by atoms with Crippen molar-refractivity contribution in [1.82, 2.24) is 10.2 Å². The maximum Gasteiger partial charge on any atom is 0.241 e. The van der Waals surface area contributed by atoms with E-state index >= 15 is 0 Å². The standard InChI is InChI=1S/C21H31N3O2/c1-3-4-12-22-21(26)18-10-9-16(2)23(14-18)15-20(25)24-13-11-17-7-5-6-8-19(17)24/h5-8,16,18H,3-4,9-15H2,1-2H3,(H,22,26). The highest BCUT2D eigenvalue weighted by atomic mass is 16.2. The van der Waals surface area contributed by atoms with Crippen molar-refractivity contribution in [1.29, 1.82) is 0 Å².